The van der Waals surface area contributed by atoms with E-state index in [0.29, 0.717) is 5.33 Å². The van der Waals surface area contributed by atoms with E-state index in [-0.39, 0.29) is 11.4 Å². The second-order valence-electron chi connectivity index (χ2n) is 4.36. The predicted molar refractivity (Wildman–Crippen MR) is 61.7 cm³/mol. The predicted octanol–water partition coefficient (Wildman–Crippen LogP) is 1.32. The van der Waals surface area contributed by atoms with Crippen LogP contribution < -0.4 is 0 Å². The van der Waals surface area contributed by atoms with Crippen molar-refractivity contribution in [2.45, 2.75) is 24.8 Å². The first-order valence-electron chi connectivity index (χ1n) is 4.99. The van der Waals surface area contributed by atoms with Gasteiger partial charge in [-0.3, -0.25) is 4.79 Å². The van der Waals surface area contributed by atoms with Crippen molar-refractivity contribution in [3.05, 3.63) is 0 Å². The van der Waals surface area contributed by atoms with E-state index in [4.69, 9.17) is 0 Å². The fourth-order valence-corrected chi connectivity index (χ4v) is 2.39. The Labute approximate surface area is 94.6 Å². The summed E-state index contributed by atoms with van der Waals surface area (Å²) in [5, 5.41) is 0.424. The summed E-state index contributed by atoms with van der Waals surface area (Å²) in [5.74, 6) is 0.165. The molecule has 0 N–H and O–H groups in total. The summed E-state index contributed by atoms with van der Waals surface area (Å²) in [4.78, 5) is 15.5. The molecule has 0 radical (unpaired) electrons. The molecule has 1 saturated carbocycles. The highest BCUT2D eigenvalue weighted by Gasteiger charge is 2.40. The van der Waals surface area contributed by atoms with Crippen molar-refractivity contribution in [1.29, 1.82) is 0 Å². The highest BCUT2D eigenvalue weighted by atomic mass is 79.9. The van der Waals surface area contributed by atoms with Crippen molar-refractivity contribution >= 4 is 21.8 Å². The molecule has 0 aromatic rings. The molecular weight excluding hydrogens is 244 g/mol. The van der Waals surface area contributed by atoms with Gasteiger partial charge in [-0.2, -0.15) is 0 Å². The van der Waals surface area contributed by atoms with Gasteiger partial charge in [0.15, 0.2) is 0 Å². The van der Waals surface area contributed by atoms with Gasteiger partial charge in [-0.15, -0.1) is 0 Å². The van der Waals surface area contributed by atoms with Crippen LogP contribution in [0.5, 0.6) is 0 Å². The first-order valence-corrected chi connectivity index (χ1v) is 6.11. The number of rotatable bonds is 4. The number of hydrogen-bond acceptors (Lipinski definition) is 2. The molecular formula is C10H19BrN2O. The lowest BCUT2D eigenvalue weighted by Gasteiger charge is -2.49. The smallest absolute Gasteiger partial charge is 0.233 e. The molecule has 1 aliphatic carbocycles. The van der Waals surface area contributed by atoms with E-state index >= 15 is 0 Å². The lowest BCUT2D eigenvalue weighted by atomic mass is 9.75. The fraction of sp³-hybridized carbons (Fsp3) is 0.900. The summed E-state index contributed by atoms with van der Waals surface area (Å²) in [7, 11) is 6.09. The van der Waals surface area contributed by atoms with E-state index in [1.807, 2.05) is 11.9 Å². The van der Waals surface area contributed by atoms with Crippen molar-refractivity contribution in [3.8, 4) is 0 Å². The van der Waals surface area contributed by atoms with Gasteiger partial charge in [0.25, 0.3) is 0 Å². The Bertz CT molecular complexity index is 214. The zero-order valence-electron chi connectivity index (χ0n) is 9.22. The Balaban J connectivity index is 2.52. The van der Waals surface area contributed by atoms with E-state index < -0.39 is 0 Å². The molecule has 0 aromatic heterocycles. The second-order valence-corrected chi connectivity index (χ2v) is 4.92. The van der Waals surface area contributed by atoms with Crippen LogP contribution in [-0.2, 0) is 4.79 Å². The van der Waals surface area contributed by atoms with Crippen LogP contribution in [0.1, 0.15) is 19.3 Å². The molecule has 0 aromatic carbocycles. The third-order valence-corrected chi connectivity index (χ3v) is 3.78. The highest BCUT2D eigenvalue weighted by Crippen LogP contribution is 2.36. The van der Waals surface area contributed by atoms with Gasteiger partial charge in [-0.25, -0.2) is 0 Å². The third kappa shape index (κ3) is 2.28. The van der Waals surface area contributed by atoms with Crippen molar-refractivity contribution in [2.24, 2.45) is 0 Å². The Hall–Kier alpha value is -0.0900. The van der Waals surface area contributed by atoms with Crippen LogP contribution in [0, 0.1) is 0 Å². The van der Waals surface area contributed by atoms with Gasteiger partial charge in [-0.1, -0.05) is 15.9 Å². The molecule has 3 nitrogen and oxygen atoms in total. The lowest BCUT2D eigenvalue weighted by molar-refractivity contribution is -0.129. The number of hydrogen-bond donors (Lipinski definition) is 0. The first kappa shape index (κ1) is 12.0. The van der Waals surface area contributed by atoms with Crippen molar-refractivity contribution in [3.63, 3.8) is 0 Å². The number of likely N-dealkylation sites (N-methyl/N-ethyl adjacent to an activating group) is 2. The third-order valence-electron chi connectivity index (χ3n) is 3.30. The average Bonchev–Trinajstić information content (AvgIpc) is 2.08. The summed E-state index contributed by atoms with van der Waals surface area (Å²) >= 11 is 3.20. The van der Waals surface area contributed by atoms with Gasteiger partial charge in [0, 0.05) is 19.1 Å². The maximum atomic E-state index is 11.4. The molecule has 1 aliphatic rings. The number of alkyl halides is 1. The minimum atomic E-state index is 0.165. The number of carbonyl (C=O) groups excluding carboxylic acids is 1. The molecule has 0 unspecified atom stereocenters. The quantitative estimate of drug-likeness (QED) is 0.714. The van der Waals surface area contributed by atoms with E-state index in [1.165, 1.54) is 19.3 Å². The Morgan fingerprint density at radius 3 is 2.21 bits per heavy atom. The molecule has 1 amide bonds. The maximum Gasteiger partial charge on any atom is 0.233 e. The minimum absolute atomic E-state index is 0.165. The molecule has 1 rings (SSSR count). The highest BCUT2D eigenvalue weighted by molar-refractivity contribution is 9.09. The van der Waals surface area contributed by atoms with E-state index in [2.05, 4.69) is 34.9 Å². The number of amides is 1. The molecule has 0 heterocycles. The van der Waals surface area contributed by atoms with Crippen molar-refractivity contribution in [2.75, 3.05) is 33.0 Å². The van der Waals surface area contributed by atoms with Gasteiger partial charge in [0.2, 0.25) is 5.91 Å². The van der Waals surface area contributed by atoms with Crippen LogP contribution in [0.3, 0.4) is 0 Å². The molecule has 0 spiro atoms. The van der Waals surface area contributed by atoms with E-state index in [1.54, 1.807) is 0 Å². The molecule has 0 bridgehead atoms. The molecule has 0 aliphatic heterocycles. The molecule has 4 heteroatoms. The summed E-state index contributed by atoms with van der Waals surface area (Å²) in [5.41, 5.74) is 0.243. The number of carbonyl (C=O) groups is 1. The maximum absolute atomic E-state index is 11.4. The van der Waals surface area contributed by atoms with Gasteiger partial charge < -0.3 is 9.80 Å². The lowest BCUT2D eigenvalue weighted by Crippen LogP contribution is -2.57. The monoisotopic (exact) mass is 262 g/mol. The van der Waals surface area contributed by atoms with Crippen LogP contribution in [0.25, 0.3) is 0 Å². The molecule has 0 atom stereocenters. The van der Waals surface area contributed by atoms with Crippen LogP contribution in [0.2, 0.25) is 0 Å². The van der Waals surface area contributed by atoms with E-state index in [9.17, 15) is 4.79 Å². The molecule has 82 valence electrons. The van der Waals surface area contributed by atoms with Gasteiger partial charge in [0.05, 0.1) is 5.33 Å². The first-order chi connectivity index (χ1) is 6.52. The number of nitrogens with zero attached hydrogens (tertiary/aromatic N) is 2. The Morgan fingerprint density at radius 2 is 1.93 bits per heavy atom. The largest absolute Gasteiger partial charge is 0.343 e. The molecule has 1 fully saturated rings. The molecule has 0 saturated heterocycles. The Kier molecular flexibility index (Phi) is 3.95. The SMILES string of the molecule is CN(CC1(N(C)C)CCC1)C(=O)CBr. The van der Waals surface area contributed by atoms with Crippen molar-refractivity contribution in [1.82, 2.24) is 9.80 Å². The summed E-state index contributed by atoms with van der Waals surface area (Å²) in [6.45, 7) is 0.852. The normalized spacial score (nSPS) is 19.2. The van der Waals surface area contributed by atoms with Crippen LogP contribution in [-0.4, -0.2) is 54.3 Å². The standard InChI is InChI=1S/C10H19BrN2O/c1-12(2)10(5-4-6-10)8-13(3)9(14)7-11/h4-8H2,1-3H3. The van der Waals surface area contributed by atoms with Gasteiger partial charge >= 0.3 is 0 Å². The van der Waals surface area contributed by atoms with Gasteiger partial charge in [0.1, 0.15) is 0 Å². The van der Waals surface area contributed by atoms with Crippen LogP contribution in [0.4, 0.5) is 0 Å². The number of halogens is 1. The van der Waals surface area contributed by atoms with E-state index in [0.717, 1.165) is 6.54 Å². The van der Waals surface area contributed by atoms with Crippen LogP contribution >= 0.6 is 15.9 Å². The zero-order valence-corrected chi connectivity index (χ0v) is 10.8. The topological polar surface area (TPSA) is 23.6 Å². The second kappa shape index (κ2) is 4.62. The summed E-state index contributed by atoms with van der Waals surface area (Å²) < 4.78 is 0. The average molecular weight is 263 g/mol. The fourth-order valence-electron chi connectivity index (χ4n) is 1.96. The van der Waals surface area contributed by atoms with Crippen LogP contribution in [0.15, 0.2) is 0 Å². The molecule has 14 heavy (non-hydrogen) atoms. The Morgan fingerprint density at radius 1 is 1.36 bits per heavy atom. The van der Waals surface area contributed by atoms with Crippen molar-refractivity contribution < 1.29 is 4.79 Å². The summed E-state index contributed by atoms with van der Waals surface area (Å²) in [6, 6.07) is 0. The summed E-state index contributed by atoms with van der Waals surface area (Å²) in [6.07, 6.45) is 3.70. The minimum Gasteiger partial charge on any atom is -0.343 e. The van der Waals surface area contributed by atoms with Gasteiger partial charge in [-0.05, 0) is 33.4 Å². The zero-order chi connectivity index (χ0) is 10.8.